The van der Waals surface area contributed by atoms with Crippen molar-refractivity contribution in [1.29, 1.82) is 0 Å². The van der Waals surface area contributed by atoms with Gasteiger partial charge in [0.2, 0.25) is 0 Å². The summed E-state index contributed by atoms with van der Waals surface area (Å²) in [5.74, 6) is 1.54. The molecule has 0 aliphatic carbocycles. The zero-order chi connectivity index (χ0) is 11.4. The zero-order valence-electron chi connectivity index (χ0n) is 10.7. The maximum absolute atomic E-state index is 5.28. The van der Waals surface area contributed by atoms with E-state index in [1.54, 1.807) is 0 Å². The highest BCUT2D eigenvalue weighted by molar-refractivity contribution is 4.55. The van der Waals surface area contributed by atoms with E-state index in [0.717, 1.165) is 25.7 Å². The molecule has 0 aromatic carbocycles. The minimum absolute atomic E-state index is 0.713. The van der Waals surface area contributed by atoms with Crippen LogP contribution in [0.25, 0.3) is 0 Å². The van der Waals surface area contributed by atoms with Crippen molar-refractivity contribution in [3.05, 3.63) is 0 Å². The fourth-order valence-electron chi connectivity index (χ4n) is 0.819. The van der Waals surface area contributed by atoms with E-state index in [0.29, 0.717) is 5.92 Å². The van der Waals surface area contributed by atoms with Crippen LogP contribution in [0.2, 0.25) is 0 Å². The average molecular weight is 203 g/mol. The molecule has 1 fully saturated rings. The Morgan fingerprint density at radius 3 is 2.07 bits per heavy atom. The first-order valence-corrected chi connectivity index (χ1v) is 5.98. The smallest absolute Gasteiger partial charge is 0.0492 e. The van der Waals surface area contributed by atoms with Crippen molar-refractivity contribution >= 4 is 0 Å². The molecule has 2 nitrogen and oxygen atoms in total. The first-order valence-electron chi connectivity index (χ1n) is 5.98. The summed E-state index contributed by atoms with van der Waals surface area (Å²) in [6, 6.07) is 0. The Balaban J connectivity index is 0. The van der Waals surface area contributed by atoms with Crippen LogP contribution in [0.4, 0.5) is 0 Å². The summed E-state index contributed by atoms with van der Waals surface area (Å²) in [6.45, 7) is 13.3. The molecule has 1 aliphatic heterocycles. The van der Waals surface area contributed by atoms with Gasteiger partial charge in [-0.3, -0.25) is 0 Å². The molecule has 1 heterocycles. The van der Waals surface area contributed by atoms with Crippen LogP contribution in [0.3, 0.4) is 0 Å². The van der Waals surface area contributed by atoms with Gasteiger partial charge in [0.25, 0.3) is 0 Å². The second-order valence-corrected chi connectivity index (χ2v) is 3.72. The van der Waals surface area contributed by atoms with Gasteiger partial charge in [-0.25, -0.2) is 0 Å². The summed E-state index contributed by atoms with van der Waals surface area (Å²) in [5.41, 5.74) is 5.28. The predicted octanol–water partition coefficient (Wildman–Crippen LogP) is 3.06. The first kappa shape index (κ1) is 16.4. The molecule has 88 valence electrons. The van der Waals surface area contributed by atoms with Crippen molar-refractivity contribution in [3.8, 4) is 0 Å². The summed E-state index contributed by atoms with van der Waals surface area (Å²) >= 11 is 0. The van der Waals surface area contributed by atoms with Crippen LogP contribution in [0.15, 0.2) is 0 Å². The normalized spacial score (nSPS) is 21.4. The summed E-state index contributed by atoms with van der Waals surface area (Å²) in [4.78, 5) is 0. The Morgan fingerprint density at radius 1 is 1.43 bits per heavy atom. The quantitative estimate of drug-likeness (QED) is 0.748. The second kappa shape index (κ2) is 12.9. The summed E-state index contributed by atoms with van der Waals surface area (Å²) in [6.07, 6.45) is 2.47. The lowest BCUT2D eigenvalue weighted by molar-refractivity contribution is 0.188. The molecule has 2 atom stereocenters. The average Bonchev–Trinajstić information content (AvgIpc) is 2.72. The molecule has 0 aromatic heterocycles. The molecule has 2 unspecified atom stereocenters. The van der Waals surface area contributed by atoms with Crippen LogP contribution >= 0.6 is 0 Å². The number of rotatable bonds is 2. The molecule has 1 rings (SSSR count). The van der Waals surface area contributed by atoms with Crippen LogP contribution in [-0.4, -0.2) is 19.8 Å². The molecule has 0 saturated carbocycles. The van der Waals surface area contributed by atoms with E-state index in [-0.39, 0.29) is 0 Å². The molecule has 0 amide bonds. The Bertz CT molecular complexity index is 86.3. The minimum Gasteiger partial charge on any atom is -0.381 e. The van der Waals surface area contributed by atoms with Crippen molar-refractivity contribution in [3.63, 3.8) is 0 Å². The SMILES string of the molecule is CC.CC1CCOC1.CCC(C)CN. The number of hydrogen-bond donors (Lipinski definition) is 1. The van der Waals surface area contributed by atoms with E-state index < -0.39 is 0 Å². The largest absolute Gasteiger partial charge is 0.381 e. The van der Waals surface area contributed by atoms with Gasteiger partial charge in [0, 0.05) is 13.2 Å². The molecule has 2 N–H and O–H groups in total. The van der Waals surface area contributed by atoms with Gasteiger partial charge in [-0.1, -0.05) is 41.0 Å². The lowest BCUT2D eigenvalue weighted by Gasteiger charge is -1.98. The van der Waals surface area contributed by atoms with E-state index in [4.69, 9.17) is 10.5 Å². The van der Waals surface area contributed by atoms with Gasteiger partial charge in [0.15, 0.2) is 0 Å². The fourth-order valence-corrected chi connectivity index (χ4v) is 0.819. The van der Waals surface area contributed by atoms with Crippen LogP contribution in [0.1, 0.15) is 47.5 Å². The molecule has 0 radical (unpaired) electrons. The van der Waals surface area contributed by atoms with E-state index >= 15 is 0 Å². The van der Waals surface area contributed by atoms with Gasteiger partial charge in [0.1, 0.15) is 0 Å². The monoisotopic (exact) mass is 203 g/mol. The molecule has 0 bridgehead atoms. The summed E-state index contributed by atoms with van der Waals surface area (Å²) in [5, 5.41) is 0. The first-order chi connectivity index (χ1) is 6.70. The number of hydrogen-bond acceptors (Lipinski definition) is 2. The van der Waals surface area contributed by atoms with Gasteiger partial charge in [0.05, 0.1) is 0 Å². The van der Waals surface area contributed by atoms with E-state index in [2.05, 4.69) is 20.8 Å². The Labute approximate surface area is 90.2 Å². The van der Waals surface area contributed by atoms with Crippen molar-refractivity contribution < 1.29 is 4.74 Å². The summed E-state index contributed by atoms with van der Waals surface area (Å²) in [7, 11) is 0. The second-order valence-electron chi connectivity index (χ2n) is 3.72. The minimum atomic E-state index is 0.713. The lowest BCUT2D eigenvalue weighted by Crippen LogP contribution is -2.08. The van der Waals surface area contributed by atoms with E-state index in [1.807, 2.05) is 13.8 Å². The maximum atomic E-state index is 5.28. The molecule has 1 saturated heterocycles. The number of nitrogens with two attached hydrogens (primary N) is 1. The van der Waals surface area contributed by atoms with Crippen molar-refractivity contribution in [2.45, 2.75) is 47.5 Å². The third kappa shape index (κ3) is 11.9. The van der Waals surface area contributed by atoms with Gasteiger partial charge in [-0.05, 0) is 24.8 Å². The highest BCUT2D eigenvalue weighted by atomic mass is 16.5. The van der Waals surface area contributed by atoms with Gasteiger partial charge in [-0.2, -0.15) is 0 Å². The van der Waals surface area contributed by atoms with E-state index in [1.165, 1.54) is 12.8 Å². The van der Waals surface area contributed by atoms with Gasteiger partial charge in [-0.15, -0.1) is 0 Å². The summed E-state index contributed by atoms with van der Waals surface area (Å²) < 4.78 is 5.06. The molecular formula is C12H29NO. The Kier molecular flexibility index (Phi) is 15.1. The van der Waals surface area contributed by atoms with E-state index in [9.17, 15) is 0 Å². The number of ether oxygens (including phenoxy) is 1. The maximum Gasteiger partial charge on any atom is 0.0492 e. The molecule has 0 spiro atoms. The van der Waals surface area contributed by atoms with Crippen LogP contribution < -0.4 is 5.73 Å². The van der Waals surface area contributed by atoms with Gasteiger partial charge < -0.3 is 10.5 Å². The zero-order valence-corrected chi connectivity index (χ0v) is 10.7. The van der Waals surface area contributed by atoms with Crippen LogP contribution in [-0.2, 0) is 4.74 Å². The highest BCUT2D eigenvalue weighted by Gasteiger charge is 2.07. The van der Waals surface area contributed by atoms with Crippen molar-refractivity contribution in [1.82, 2.24) is 0 Å². The third-order valence-corrected chi connectivity index (χ3v) is 2.26. The third-order valence-electron chi connectivity index (χ3n) is 2.26. The topological polar surface area (TPSA) is 35.2 Å². The Hall–Kier alpha value is -0.0800. The standard InChI is InChI=1S/C5H13N.C5H10O.C2H6/c1-3-5(2)4-6;1-5-2-3-6-4-5;1-2/h5H,3-4,6H2,1-2H3;5H,2-4H2,1H3;1-2H3. The Morgan fingerprint density at radius 2 is 2.00 bits per heavy atom. The molecule has 1 aliphatic rings. The molecule has 2 heteroatoms. The van der Waals surface area contributed by atoms with Crippen molar-refractivity contribution in [2.75, 3.05) is 19.8 Å². The molecular weight excluding hydrogens is 174 g/mol. The van der Waals surface area contributed by atoms with Crippen molar-refractivity contribution in [2.24, 2.45) is 17.6 Å². The predicted molar refractivity (Wildman–Crippen MR) is 64.5 cm³/mol. The molecule has 14 heavy (non-hydrogen) atoms. The fraction of sp³-hybridized carbons (Fsp3) is 1.00. The lowest BCUT2D eigenvalue weighted by atomic mass is 10.1. The molecule has 0 aromatic rings. The van der Waals surface area contributed by atoms with Crippen LogP contribution in [0, 0.1) is 11.8 Å². The van der Waals surface area contributed by atoms with Gasteiger partial charge >= 0.3 is 0 Å². The van der Waals surface area contributed by atoms with Crippen LogP contribution in [0.5, 0.6) is 0 Å². The highest BCUT2D eigenvalue weighted by Crippen LogP contribution is 2.09.